The number of rotatable bonds is 6. The zero-order valence-corrected chi connectivity index (χ0v) is 14.4. The van der Waals surface area contributed by atoms with Crippen molar-refractivity contribution >= 4 is 23.5 Å². The second-order valence-electron chi connectivity index (χ2n) is 5.68. The van der Waals surface area contributed by atoms with Crippen LogP contribution in [-0.2, 0) is 14.3 Å². The second kappa shape index (κ2) is 8.75. The Hall–Kier alpha value is -3.22. The first-order valence-corrected chi connectivity index (χ1v) is 7.96. The van der Waals surface area contributed by atoms with Crippen molar-refractivity contribution in [3.63, 3.8) is 0 Å². The van der Waals surface area contributed by atoms with Crippen LogP contribution in [0.5, 0.6) is 0 Å². The van der Waals surface area contributed by atoms with Gasteiger partial charge in [-0.1, -0.05) is 17.7 Å². The third kappa shape index (κ3) is 5.70. The minimum atomic E-state index is -1.07. The molecule has 0 aliphatic heterocycles. The Kier molecular flexibility index (Phi) is 6.43. The highest BCUT2D eigenvalue weighted by Crippen LogP contribution is 2.09. The molecule has 0 aromatic heterocycles. The van der Waals surface area contributed by atoms with Crippen molar-refractivity contribution in [1.82, 2.24) is 5.32 Å². The zero-order chi connectivity index (χ0) is 19.1. The third-order valence-electron chi connectivity index (χ3n) is 3.46. The fraction of sp³-hybridized carbons (Fsp3) is 0.211. The van der Waals surface area contributed by atoms with Gasteiger partial charge in [-0.2, -0.15) is 0 Å². The third-order valence-corrected chi connectivity index (χ3v) is 3.46. The van der Waals surface area contributed by atoms with E-state index in [1.807, 2.05) is 13.0 Å². The number of benzene rings is 2. The van der Waals surface area contributed by atoms with E-state index in [9.17, 15) is 18.8 Å². The number of esters is 1. The monoisotopic (exact) mass is 358 g/mol. The number of halogens is 1. The SMILES string of the molecule is Cc1cccc(C(=O)NCC(=O)O[C@@H](C)C(=O)Nc2ccc(F)cc2)c1. The van der Waals surface area contributed by atoms with E-state index in [4.69, 9.17) is 4.74 Å². The van der Waals surface area contributed by atoms with E-state index in [2.05, 4.69) is 10.6 Å². The Morgan fingerprint density at radius 3 is 2.46 bits per heavy atom. The van der Waals surface area contributed by atoms with E-state index in [1.54, 1.807) is 18.2 Å². The normalized spacial score (nSPS) is 11.3. The molecule has 2 rings (SSSR count). The molecule has 26 heavy (non-hydrogen) atoms. The summed E-state index contributed by atoms with van der Waals surface area (Å²) in [7, 11) is 0. The highest BCUT2D eigenvalue weighted by Gasteiger charge is 2.18. The molecule has 0 unspecified atom stereocenters. The summed E-state index contributed by atoms with van der Waals surface area (Å²) in [5.74, 6) is -2.14. The first kappa shape index (κ1) is 19.1. The largest absolute Gasteiger partial charge is 0.451 e. The standard InChI is InChI=1S/C19H19FN2O4/c1-12-4-3-5-14(10-12)19(25)21-11-17(23)26-13(2)18(24)22-16-8-6-15(20)7-9-16/h3-10,13H,11H2,1-2H3,(H,21,25)(H,22,24)/t13-/m0/s1. The Morgan fingerprint density at radius 2 is 1.81 bits per heavy atom. The van der Waals surface area contributed by atoms with Gasteiger partial charge >= 0.3 is 5.97 Å². The molecule has 0 fully saturated rings. The van der Waals surface area contributed by atoms with E-state index in [0.717, 1.165) is 5.56 Å². The van der Waals surface area contributed by atoms with Crippen LogP contribution >= 0.6 is 0 Å². The molecule has 0 heterocycles. The number of carbonyl (C=O) groups excluding carboxylic acids is 3. The number of nitrogens with one attached hydrogen (secondary N) is 2. The number of anilines is 1. The van der Waals surface area contributed by atoms with Gasteiger partial charge in [0.05, 0.1) is 0 Å². The van der Waals surface area contributed by atoms with Crippen molar-refractivity contribution in [2.75, 3.05) is 11.9 Å². The first-order valence-electron chi connectivity index (χ1n) is 7.96. The van der Waals surface area contributed by atoms with Gasteiger partial charge in [-0.05, 0) is 50.2 Å². The summed E-state index contributed by atoms with van der Waals surface area (Å²) in [5, 5.41) is 4.94. The molecule has 0 aliphatic carbocycles. The van der Waals surface area contributed by atoms with Crippen LogP contribution in [0.1, 0.15) is 22.8 Å². The van der Waals surface area contributed by atoms with Crippen LogP contribution in [-0.4, -0.2) is 30.4 Å². The van der Waals surface area contributed by atoms with Crippen molar-refractivity contribution in [1.29, 1.82) is 0 Å². The fourth-order valence-corrected chi connectivity index (χ4v) is 2.11. The summed E-state index contributed by atoms with van der Waals surface area (Å²) in [6, 6.07) is 12.1. The molecule has 2 N–H and O–H groups in total. The summed E-state index contributed by atoms with van der Waals surface area (Å²) >= 11 is 0. The Labute approximate surface area is 150 Å². The van der Waals surface area contributed by atoms with E-state index >= 15 is 0 Å². The molecule has 0 saturated heterocycles. The summed E-state index contributed by atoms with van der Waals surface area (Å²) in [6.45, 7) is 2.90. The highest BCUT2D eigenvalue weighted by molar-refractivity contribution is 5.97. The van der Waals surface area contributed by atoms with Crippen molar-refractivity contribution in [3.8, 4) is 0 Å². The van der Waals surface area contributed by atoms with E-state index in [0.29, 0.717) is 11.3 Å². The Morgan fingerprint density at radius 1 is 1.12 bits per heavy atom. The predicted molar refractivity (Wildman–Crippen MR) is 94.1 cm³/mol. The molecule has 7 heteroatoms. The molecule has 0 radical (unpaired) electrons. The number of hydrogen-bond donors (Lipinski definition) is 2. The Bertz CT molecular complexity index is 805. The molecule has 136 valence electrons. The van der Waals surface area contributed by atoms with Crippen LogP contribution in [0.25, 0.3) is 0 Å². The van der Waals surface area contributed by atoms with E-state index < -0.39 is 29.7 Å². The molecule has 0 bridgehead atoms. The van der Waals surface area contributed by atoms with Gasteiger partial charge in [0.25, 0.3) is 11.8 Å². The summed E-state index contributed by atoms with van der Waals surface area (Å²) in [4.78, 5) is 35.7. The van der Waals surface area contributed by atoms with E-state index in [-0.39, 0.29) is 6.54 Å². The van der Waals surface area contributed by atoms with Crippen molar-refractivity contribution < 1.29 is 23.5 Å². The number of aryl methyl sites for hydroxylation is 1. The average Bonchev–Trinajstić information content (AvgIpc) is 2.61. The maximum Gasteiger partial charge on any atom is 0.326 e. The van der Waals surface area contributed by atoms with Gasteiger partial charge in [0, 0.05) is 11.3 Å². The quantitative estimate of drug-likeness (QED) is 0.777. The van der Waals surface area contributed by atoms with Crippen LogP contribution in [0.15, 0.2) is 48.5 Å². The maximum atomic E-state index is 12.8. The second-order valence-corrected chi connectivity index (χ2v) is 5.68. The van der Waals surface area contributed by atoms with Gasteiger partial charge in [-0.25, -0.2) is 4.39 Å². The van der Waals surface area contributed by atoms with E-state index in [1.165, 1.54) is 31.2 Å². The molecule has 6 nitrogen and oxygen atoms in total. The smallest absolute Gasteiger partial charge is 0.326 e. The van der Waals surface area contributed by atoms with Gasteiger partial charge in [0.2, 0.25) is 0 Å². The Balaban J connectivity index is 1.80. The summed E-state index contributed by atoms with van der Waals surface area (Å²) in [6.07, 6.45) is -1.07. The predicted octanol–water partition coefficient (Wildman–Crippen LogP) is 2.43. The zero-order valence-electron chi connectivity index (χ0n) is 14.4. The van der Waals surface area contributed by atoms with Crippen LogP contribution < -0.4 is 10.6 Å². The molecule has 0 aliphatic rings. The van der Waals surface area contributed by atoms with Crippen molar-refractivity contribution in [2.45, 2.75) is 20.0 Å². The minimum absolute atomic E-state index is 0.360. The first-order chi connectivity index (χ1) is 12.3. The van der Waals surface area contributed by atoms with Gasteiger partial charge in [0.15, 0.2) is 6.10 Å². The summed E-state index contributed by atoms with van der Waals surface area (Å²) in [5.41, 5.74) is 1.73. The molecule has 0 spiro atoms. The maximum absolute atomic E-state index is 12.8. The molecular formula is C19H19FN2O4. The molecule has 2 amide bonds. The number of ether oxygens (including phenoxy) is 1. The minimum Gasteiger partial charge on any atom is -0.451 e. The topological polar surface area (TPSA) is 84.5 Å². The lowest BCUT2D eigenvalue weighted by Crippen LogP contribution is -2.35. The van der Waals surface area contributed by atoms with Crippen LogP contribution in [0.2, 0.25) is 0 Å². The molecule has 2 aromatic rings. The van der Waals surface area contributed by atoms with Crippen molar-refractivity contribution in [2.24, 2.45) is 0 Å². The lowest BCUT2D eigenvalue weighted by Gasteiger charge is -2.14. The number of carbonyl (C=O) groups is 3. The van der Waals surface area contributed by atoms with Crippen LogP contribution in [0.3, 0.4) is 0 Å². The van der Waals surface area contributed by atoms with Gasteiger partial charge < -0.3 is 15.4 Å². The molecule has 1 atom stereocenters. The van der Waals surface area contributed by atoms with Gasteiger partial charge in [0.1, 0.15) is 12.4 Å². The summed E-state index contributed by atoms with van der Waals surface area (Å²) < 4.78 is 17.8. The van der Waals surface area contributed by atoms with Crippen LogP contribution in [0, 0.1) is 12.7 Å². The molecule has 0 saturated carbocycles. The number of amides is 2. The lowest BCUT2D eigenvalue weighted by molar-refractivity contribution is -0.152. The van der Waals surface area contributed by atoms with Gasteiger partial charge in [-0.3, -0.25) is 14.4 Å². The highest BCUT2D eigenvalue weighted by atomic mass is 19.1. The van der Waals surface area contributed by atoms with Gasteiger partial charge in [-0.15, -0.1) is 0 Å². The fourth-order valence-electron chi connectivity index (χ4n) is 2.11. The van der Waals surface area contributed by atoms with Crippen LogP contribution in [0.4, 0.5) is 10.1 Å². The molecular weight excluding hydrogens is 339 g/mol. The average molecular weight is 358 g/mol. The van der Waals surface area contributed by atoms with Crippen molar-refractivity contribution in [3.05, 3.63) is 65.5 Å². The molecule has 2 aromatic carbocycles. The lowest BCUT2D eigenvalue weighted by atomic mass is 10.1. The number of hydrogen-bond acceptors (Lipinski definition) is 4.